The lowest BCUT2D eigenvalue weighted by Crippen LogP contribution is -2.30. The van der Waals surface area contributed by atoms with Crippen molar-refractivity contribution in [2.24, 2.45) is 0 Å². The molecule has 0 radical (unpaired) electrons. The molecule has 0 rings (SSSR count). The zero-order valence-electron chi connectivity index (χ0n) is 41.7. The Bertz CT molecular complexity index is 1400. The van der Waals surface area contributed by atoms with E-state index in [1.165, 1.54) is 89.9 Å². The molecule has 0 aromatic carbocycles. The van der Waals surface area contributed by atoms with E-state index >= 15 is 0 Å². The molecule has 1 unspecified atom stereocenters. The monoisotopic (exact) mass is 899 g/mol. The zero-order chi connectivity index (χ0) is 47.2. The molecular formula is C59H94O6. The molecule has 0 aromatic heterocycles. The highest BCUT2D eigenvalue weighted by molar-refractivity contribution is 5.72. The Morgan fingerprint density at radius 1 is 0.338 bits per heavy atom. The van der Waals surface area contributed by atoms with Gasteiger partial charge in [-0.1, -0.05) is 219 Å². The van der Waals surface area contributed by atoms with Crippen LogP contribution in [0.1, 0.15) is 213 Å². The van der Waals surface area contributed by atoms with Crippen LogP contribution in [0.3, 0.4) is 0 Å². The van der Waals surface area contributed by atoms with Crippen molar-refractivity contribution in [1.82, 2.24) is 0 Å². The fraction of sp³-hybridized carbons (Fsp3) is 0.610. The van der Waals surface area contributed by atoms with Crippen LogP contribution in [0.5, 0.6) is 0 Å². The minimum absolute atomic E-state index is 0.117. The average Bonchev–Trinajstić information content (AvgIpc) is 3.30. The third-order valence-corrected chi connectivity index (χ3v) is 10.5. The zero-order valence-corrected chi connectivity index (χ0v) is 41.7. The van der Waals surface area contributed by atoms with Gasteiger partial charge in [0.25, 0.3) is 0 Å². The maximum absolute atomic E-state index is 12.8. The summed E-state index contributed by atoms with van der Waals surface area (Å²) in [6.07, 6.45) is 72.4. The van der Waals surface area contributed by atoms with Gasteiger partial charge in [0.05, 0.1) is 6.42 Å². The van der Waals surface area contributed by atoms with Gasteiger partial charge in [0, 0.05) is 12.8 Å². The van der Waals surface area contributed by atoms with Gasteiger partial charge in [0.15, 0.2) is 6.10 Å². The number of allylic oxidation sites excluding steroid dienone is 19. The first kappa shape index (κ1) is 60.8. The third kappa shape index (κ3) is 50.7. The summed E-state index contributed by atoms with van der Waals surface area (Å²) in [4.78, 5) is 37.8. The second-order valence-electron chi connectivity index (χ2n) is 16.7. The number of carbonyl (C=O) groups excluding carboxylic acids is 3. The van der Waals surface area contributed by atoms with E-state index in [0.29, 0.717) is 6.42 Å². The molecule has 366 valence electrons. The third-order valence-electron chi connectivity index (χ3n) is 10.5. The molecule has 0 saturated heterocycles. The highest BCUT2D eigenvalue weighted by atomic mass is 16.6. The van der Waals surface area contributed by atoms with E-state index in [9.17, 15) is 14.4 Å². The highest BCUT2D eigenvalue weighted by Gasteiger charge is 2.19. The summed E-state index contributed by atoms with van der Waals surface area (Å²) in [5.41, 5.74) is 0. The van der Waals surface area contributed by atoms with E-state index < -0.39 is 12.1 Å². The molecule has 0 N–H and O–H groups in total. The summed E-state index contributed by atoms with van der Waals surface area (Å²) in [5.74, 6) is -1.16. The van der Waals surface area contributed by atoms with Crippen LogP contribution in [-0.2, 0) is 28.6 Å². The summed E-state index contributed by atoms with van der Waals surface area (Å²) in [6.45, 7) is 6.22. The molecular weight excluding hydrogens is 805 g/mol. The van der Waals surface area contributed by atoms with Gasteiger partial charge in [-0.2, -0.15) is 0 Å². The Balaban J connectivity index is 4.49. The molecule has 0 aliphatic heterocycles. The lowest BCUT2D eigenvalue weighted by atomic mass is 10.1. The minimum Gasteiger partial charge on any atom is -0.462 e. The average molecular weight is 899 g/mol. The van der Waals surface area contributed by atoms with Crippen LogP contribution >= 0.6 is 0 Å². The van der Waals surface area contributed by atoms with Gasteiger partial charge in [-0.25, -0.2) is 0 Å². The molecule has 0 aliphatic rings. The molecule has 0 aliphatic carbocycles. The molecule has 0 heterocycles. The number of unbranched alkanes of at least 4 members (excludes halogenated alkanes) is 15. The summed E-state index contributed by atoms with van der Waals surface area (Å²) in [7, 11) is 0. The molecule has 1 atom stereocenters. The second-order valence-corrected chi connectivity index (χ2v) is 16.7. The van der Waals surface area contributed by atoms with Crippen molar-refractivity contribution in [1.29, 1.82) is 0 Å². The van der Waals surface area contributed by atoms with Gasteiger partial charge in [-0.3, -0.25) is 14.4 Å². The first-order valence-electron chi connectivity index (χ1n) is 26.0. The topological polar surface area (TPSA) is 78.9 Å². The maximum Gasteiger partial charge on any atom is 0.309 e. The number of ether oxygens (including phenoxy) is 3. The lowest BCUT2D eigenvalue weighted by Gasteiger charge is -2.18. The van der Waals surface area contributed by atoms with Crippen molar-refractivity contribution >= 4 is 17.9 Å². The molecule has 0 aromatic rings. The predicted octanol–water partition coefficient (Wildman–Crippen LogP) is 17.3. The Hall–Kier alpha value is -4.19. The predicted molar refractivity (Wildman–Crippen MR) is 279 cm³/mol. The van der Waals surface area contributed by atoms with Crippen LogP contribution in [0.25, 0.3) is 0 Å². The number of hydrogen-bond acceptors (Lipinski definition) is 6. The van der Waals surface area contributed by atoms with Crippen molar-refractivity contribution in [3.05, 3.63) is 122 Å². The van der Waals surface area contributed by atoms with Gasteiger partial charge in [-0.05, 0) is 96.3 Å². The highest BCUT2D eigenvalue weighted by Crippen LogP contribution is 2.13. The summed E-state index contributed by atoms with van der Waals surface area (Å²) in [5, 5.41) is 0. The number of rotatable bonds is 45. The largest absolute Gasteiger partial charge is 0.462 e. The van der Waals surface area contributed by atoms with Crippen molar-refractivity contribution < 1.29 is 28.6 Å². The van der Waals surface area contributed by atoms with Crippen molar-refractivity contribution in [2.45, 2.75) is 219 Å². The number of esters is 3. The van der Waals surface area contributed by atoms with Crippen LogP contribution in [0.2, 0.25) is 0 Å². The molecule has 0 spiro atoms. The Morgan fingerprint density at radius 3 is 1.14 bits per heavy atom. The molecule has 0 bridgehead atoms. The fourth-order valence-corrected chi connectivity index (χ4v) is 6.64. The van der Waals surface area contributed by atoms with Crippen LogP contribution in [0, 0.1) is 0 Å². The first-order valence-corrected chi connectivity index (χ1v) is 26.0. The quantitative estimate of drug-likeness (QED) is 0.0262. The summed E-state index contributed by atoms with van der Waals surface area (Å²) >= 11 is 0. The lowest BCUT2D eigenvalue weighted by molar-refractivity contribution is -0.166. The van der Waals surface area contributed by atoms with E-state index in [1.54, 1.807) is 6.08 Å². The van der Waals surface area contributed by atoms with Crippen LogP contribution in [-0.4, -0.2) is 37.2 Å². The standard InChI is InChI=1S/C59H94O6/c1-4-7-10-13-16-19-21-23-25-27-29-31-33-35-37-40-43-46-49-52-58(61)64-55-56(54-63-57(60)51-48-45-42-39-18-15-12-9-6-3)65-59(62)53-50-47-44-41-38-36-34-32-30-28-26-24-22-20-17-14-11-8-5-2/h7,9-10,12,16,18-19,23,25,28-31,35,37,39,43,45-46,48,56H,4-6,8,11,13-15,17,20-22,24,26-27,32-34,36,38,40-42,44,47,49-55H2,1-3H3/b10-7-,12-9-,19-16-,25-23-,30-28-,31-29-,37-35-,39-18-,46-43-,48-45-. The van der Waals surface area contributed by atoms with E-state index in [2.05, 4.69) is 118 Å². The second kappa shape index (κ2) is 52.4. The smallest absolute Gasteiger partial charge is 0.309 e. The normalized spacial score (nSPS) is 13.1. The summed E-state index contributed by atoms with van der Waals surface area (Å²) in [6, 6.07) is 0. The maximum atomic E-state index is 12.8. The van der Waals surface area contributed by atoms with E-state index in [4.69, 9.17) is 14.2 Å². The van der Waals surface area contributed by atoms with Crippen LogP contribution in [0.4, 0.5) is 0 Å². The van der Waals surface area contributed by atoms with Crippen LogP contribution in [0.15, 0.2) is 122 Å². The minimum atomic E-state index is -0.848. The number of hydrogen-bond donors (Lipinski definition) is 0. The van der Waals surface area contributed by atoms with Crippen molar-refractivity contribution in [2.75, 3.05) is 13.2 Å². The van der Waals surface area contributed by atoms with Crippen molar-refractivity contribution in [3.8, 4) is 0 Å². The molecule has 0 fully saturated rings. The molecule has 0 saturated carbocycles. The van der Waals surface area contributed by atoms with Gasteiger partial charge in [-0.15, -0.1) is 0 Å². The van der Waals surface area contributed by atoms with Crippen molar-refractivity contribution in [3.63, 3.8) is 0 Å². The Kier molecular flexibility index (Phi) is 49.1. The Morgan fingerprint density at radius 2 is 0.692 bits per heavy atom. The fourth-order valence-electron chi connectivity index (χ4n) is 6.64. The Labute approximate surface area is 399 Å². The van der Waals surface area contributed by atoms with E-state index in [1.807, 2.05) is 18.2 Å². The summed E-state index contributed by atoms with van der Waals surface area (Å²) < 4.78 is 16.6. The molecule has 0 amide bonds. The SMILES string of the molecule is CC/C=C\C/C=C\C/C=C\C/C=C\C/C=C\C/C=C\CCC(=O)OCC(COC(=O)C/C=C\C/C=C\C/C=C\CC)OC(=O)CCCCCCCCC/C=C\CCCCCCCCCC. The van der Waals surface area contributed by atoms with Gasteiger partial charge in [0.1, 0.15) is 13.2 Å². The van der Waals surface area contributed by atoms with Crippen LogP contribution < -0.4 is 0 Å². The van der Waals surface area contributed by atoms with Gasteiger partial charge >= 0.3 is 17.9 Å². The van der Waals surface area contributed by atoms with E-state index in [0.717, 1.165) is 77.0 Å². The van der Waals surface area contributed by atoms with Gasteiger partial charge in [0.2, 0.25) is 0 Å². The molecule has 6 heteroatoms. The number of carbonyl (C=O) groups is 3. The molecule has 65 heavy (non-hydrogen) atoms. The first-order chi connectivity index (χ1) is 32.0. The van der Waals surface area contributed by atoms with E-state index in [-0.39, 0.29) is 44.4 Å². The molecule has 6 nitrogen and oxygen atoms in total. The van der Waals surface area contributed by atoms with Gasteiger partial charge < -0.3 is 14.2 Å².